The van der Waals surface area contributed by atoms with Gasteiger partial charge >= 0.3 is 0 Å². The minimum atomic E-state index is -0.190. The Morgan fingerprint density at radius 3 is 2.56 bits per heavy atom. The van der Waals surface area contributed by atoms with Crippen LogP contribution in [0.2, 0.25) is 0 Å². The first kappa shape index (κ1) is 21.5. The van der Waals surface area contributed by atoms with Crippen LogP contribution in [0.4, 0.5) is 17.3 Å². The number of ether oxygens (including phenoxy) is 2. The van der Waals surface area contributed by atoms with E-state index < -0.39 is 0 Å². The quantitative estimate of drug-likeness (QED) is 0.231. The van der Waals surface area contributed by atoms with E-state index in [-0.39, 0.29) is 5.91 Å². The van der Waals surface area contributed by atoms with Crippen molar-refractivity contribution in [1.82, 2.24) is 15.0 Å². The minimum absolute atomic E-state index is 0.190. The fraction of sp³-hybridized carbons (Fsp3) is 0.0714. The van der Waals surface area contributed by atoms with Gasteiger partial charge in [0.1, 0.15) is 17.0 Å². The Kier molecular flexibility index (Phi) is 5.19. The van der Waals surface area contributed by atoms with Crippen LogP contribution < -0.4 is 20.1 Å². The second kappa shape index (κ2) is 8.66. The molecule has 6 rings (SSSR count). The molecule has 36 heavy (non-hydrogen) atoms. The average Bonchev–Trinajstić information content (AvgIpc) is 3.61. The van der Waals surface area contributed by atoms with Gasteiger partial charge in [-0.3, -0.25) is 4.79 Å². The second-order valence-corrected chi connectivity index (χ2v) is 8.35. The summed E-state index contributed by atoms with van der Waals surface area (Å²) in [5, 5.41) is 6.26. The first-order valence-corrected chi connectivity index (χ1v) is 11.4. The number of anilines is 3. The summed E-state index contributed by atoms with van der Waals surface area (Å²) in [6.45, 7) is 0. The van der Waals surface area contributed by atoms with Crippen LogP contribution in [0.5, 0.6) is 11.5 Å². The Labute approximate surface area is 207 Å². The smallest absolute Gasteiger partial charge is 0.256 e. The molecular formula is C28H23N5O3. The molecule has 0 bridgehead atoms. The molecule has 3 aromatic carbocycles. The molecule has 1 amide bonds. The maximum absolute atomic E-state index is 12.8. The summed E-state index contributed by atoms with van der Waals surface area (Å²) < 4.78 is 11.0. The van der Waals surface area contributed by atoms with Gasteiger partial charge in [0.05, 0.1) is 42.4 Å². The van der Waals surface area contributed by atoms with Crippen molar-refractivity contribution in [3.63, 3.8) is 0 Å². The maximum Gasteiger partial charge on any atom is 0.256 e. The molecule has 0 atom stereocenters. The van der Waals surface area contributed by atoms with Crippen LogP contribution in [0.15, 0.2) is 72.9 Å². The van der Waals surface area contributed by atoms with Crippen molar-refractivity contribution in [2.75, 3.05) is 24.9 Å². The van der Waals surface area contributed by atoms with E-state index in [0.29, 0.717) is 39.9 Å². The van der Waals surface area contributed by atoms with E-state index in [9.17, 15) is 4.79 Å². The van der Waals surface area contributed by atoms with Crippen LogP contribution in [-0.2, 0) is 4.79 Å². The van der Waals surface area contributed by atoms with Gasteiger partial charge in [-0.15, -0.1) is 0 Å². The van der Waals surface area contributed by atoms with E-state index in [0.717, 1.165) is 27.9 Å². The van der Waals surface area contributed by atoms with Gasteiger partial charge in [-0.1, -0.05) is 36.4 Å². The topological polar surface area (TPSA) is 104 Å². The number of benzene rings is 3. The van der Waals surface area contributed by atoms with Crippen molar-refractivity contribution in [2.45, 2.75) is 0 Å². The van der Waals surface area contributed by atoms with Crippen LogP contribution in [0.3, 0.4) is 0 Å². The summed E-state index contributed by atoms with van der Waals surface area (Å²) in [7, 11) is 3.24. The van der Waals surface area contributed by atoms with Crippen LogP contribution >= 0.6 is 0 Å². The molecule has 5 aromatic rings. The minimum Gasteiger partial charge on any atom is -0.495 e. The Morgan fingerprint density at radius 1 is 0.917 bits per heavy atom. The lowest BCUT2D eigenvalue weighted by atomic mass is 10.0. The van der Waals surface area contributed by atoms with Gasteiger partial charge in [0.2, 0.25) is 5.95 Å². The largest absolute Gasteiger partial charge is 0.495 e. The average molecular weight is 478 g/mol. The van der Waals surface area contributed by atoms with Gasteiger partial charge in [0.15, 0.2) is 0 Å². The predicted molar refractivity (Wildman–Crippen MR) is 142 cm³/mol. The molecule has 1 aliphatic heterocycles. The zero-order chi connectivity index (χ0) is 24.6. The number of H-pyrrole nitrogens is 2. The lowest BCUT2D eigenvalue weighted by Gasteiger charge is -2.11. The fourth-order valence-corrected chi connectivity index (χ4v) is 4.49. The summed E-state index contributed by atoms with van der Waals surface area (Å²) in [4.78, 5) is 24.0. The highest BCUT2D eigenvalue weighted by Gasteiger charge is 2.28. The number of nitrogens with zero attached hydrogens (tertiary/aromatic N) is 1. The summed E-state index contributed by atoms with van der Waals surface area (Å²) in [5.41, 5.74) is 7.10. The SMILES string of the molecule is COc1cc(-c2ccccc2)ccc1Nc1nc2c3c(ccc2[nH]1)NC(=O)C3=Cc1[nH]ccc1OC. The van der Waals surface area contributed by atoms with Crippen LogP contribution in [0, 0.1) is 0 Å². The Balaban J connectivity index is 1.38. The molecule has 1 aliphatic rings. The number of rotatable bonds is 6. The third-order valence-electron chi connectivity index (χ3n) is 6.23. The van der Waals surface area contributed by atoms with Crippen molar-refractivity contribution >= 4 is 45.9 Å². The standard InChI is InChI=1S/C28H23N5O3/c1-35-23-12-13-29-22(23)15-18-25-20(30-27(18)34)10-11-21-26(25)33-28(32-21)31-19-9-8-17(14-24(19)36-2)16-6-4-3-5-7-16/h3-15,29H,1-2H3,(H,30,34)(H2,31,32,33). The molecule has 178 valence electrons. The number of imidazole rings is 1. The number of carbonyl (C=O) groups is 1. The van der Waals surface area contributed by atoms with Gasteiger partial charge in [0, 0.05) is 11.8 Å². The molecular weight excluding hydrogens is 454 g/mol. The maximum atomic E-state index is 12.8. The number of carbonyl (C=O) groups excluding carboxylic acids is 1. The molecule has 4 N–H and O–H groups in total. The zero-order valence-corrected chi connectivity index (χ0v) is 19.7. The van der Waals surface area contributed by atoms with Gasteiger partial charge in [-0.2, -0.15) is 0 Å². The Bertz CT molecular complexity index is 1630. The molecule has 8 nitrogen and oxygen atoms in total. The molecule has 0 unspecified atom stereocenters. The molecule has 0 aliphatic carbocycles. The van der Waals surface area contributed by atoms with Crippen LogP contribution in [0.25, 0.3) is 33.8 Å². The van der Waals surface area contributed by atoms with Crippen molar-refractivity contribution in [3.8, 4) is 22.6 Å². The van der Waals surface area contributed by atoms with Crippen molar-refractivity contribution in [1.29, 1.82) is 0 Å². The summed E-state index contributed by atoms with van der Waals surface area (Å²) >= 11 is 0. The molecule has 3 heterocycles. The number of methoxy groups -OCH3 is 2. The lowest BCUT2D eigenvalue weighted by Crippen LogP contribution is -2.03. The highest BCUT2D eigenvalue weighted by atomic mass is 16.5. The van der Waals surface area contributed by atoms with Gasteiger partial charge in [0.25, 0.3) is 5.91 Å². The monoisotopic (exact) mass is 477 g/mol. The molecule has 0 radical (unpaired) electrons. The van der Waals surface area contributed by atoms with E-state index in [1.54, 1.807) is 26.5 Å². The normalized spacial score (nSPS) is 13.6. The van der Waals surface area contributed by atoms with Crippen LogP contribution in [0.1, 0.15) is 11.3 Å². The number of fused-ring (bicyclic) bond motifs is 3. The number of nitrogens with one attached hydrogen (secondary N) is 4. The number of aromatic amines is 2. The molecule has 2 aromatic heterocycles. The Morgan fingerprint density at radius 2 is 1.75 bits per heavy atom. The van der Waals surface area contributed by atoms with E-state index >= 15 is 0 Å². The summed E-state index contributed by atoms with van der Waals surface area (Å²) in [5.74, 6) is 1.70. The number of aromatic nitrogens is 3. The van der Waals surface area contributed by atoms with Gasteiger partial charge in [-0.05, 0) is 47.5 Å². The fourth-order valence-electron chi connectivity index (χ4n) is 4.49. The molecule has 0 spiro atoms. The molecule has 0 saturated heterocycles. The first-order valence-electron chi connectivity index (χ1n) is 11.4. The zero-order valence-electron chi connectivity index (χ0n) is 19.7. The van der Waals surface area contributed by atoms with Gasteiger partial charge in [-0.25, -0.2) is 4.98 Å². The molecule has 0 fully saturated rings. The number of hydrogen-bond acceptors (Lipinski definition) is 5. The van der Waals surface area contributed by atoms with Crippen molar-refractivity contribution in [2.24, 2.45) is 0 Å². The summed E-state index contributed by atoms with van der Waals surface area (Å²) in [6.07, 6.45) is 3.55. The highest BCUT2D eigenvalue weighted by Crippen LogP contribution is 2.40. The Hall–Kier alpha value is -4.98. The third-order valence-corrected chi connectivity index (χ3v) is 6.23. The number of hydrogen-bond donors (Lipinski definition) is 4. The van der Waals surface area contributed by atoms with Crippen LogP contribution in [-0.4, -0.2) is 35.1 Å². The van der Waals surface area contributed by atoms with Gasteiger partial charge < -0.3 is 30.1 Å². The highest BCUT2D eigenvalue weighted by molar-refractivity contribution is 6.37. The van der Waals surface area contributed by atoms with Crippen molar-refractivity contribution < 1.29 is 14.3 Å². The van der Waals surface area contributed by atoms with E-state index in [4.69, 9.17) is 14.5 Å². The first-order chi connectivity index (χ1) is 17.6. The van der Waals surface area contributed by atoms with E-state index in [1.807, 2.05) is 54.6 Å². The molecule has 8 heteroatoms. The van der Waals surface area contributed by atoms with Crippen molar-refractivity contribution in [3.05, 3.63) is 84.2 Å². The predicted octanol–water partition coefficient (Wildman–Crippen LogP) is 5.81. The third kappa shape index (κ3) is 3.65. The second-order valence-electron chi connectivity index (χ2n) is 8.35. The van der Waals surface area contributed by atoms with E-state index in [2.05, 4.69) is 32.7 Å². The summed E-state index contributed by atoms with van der Waals surface area (Å²) in [6, 6.07) is 21.7. The molecule has 0 saturated carbocycles. The van der Waals surface area contributed by atoms with E-state index in [1.165, 1.54) is 0 Å². The number of amides is 1. The lowest BCUT2D eigenvalue weighted by molar-refractivity contribution is -0.110.